The molecule has 24 heavy (non-hydrogen) atoms. The van der Waals surface area contributed by atoms with E-state index >= 15 is 0 Å². The first kappa shape index (κ1) is 16.6. The van der Waals surface area contributed by atoms with Gasteiger partial charge in [0.2, 0.25) is 5.88 Å². The van der Waals surface area contributed by atoms with Crippen LogP contribution in [0.4, 0.5) is 4.79 Å². The SMILES string of the molecule is COc1ccc(CNC(=O)N2CC(Oc3ncccc3Br)C2)cc1. The maximum absolute atomic E-state index is 12.1. The number of likely N-dealkylation sites (tertiary alicyclic amines) is 1. The summed E-state index contributed by atoms with van der Waals surface area (Å²) in [5.41, 5.74) is 1.02. The number of rotatable bonds is 5. The molecule has 0 bridgehead atoms. The quantitative estimate of drug-likeness (QED) is 0.850. The molecule has 1 N–H and O–H groups in total. The van der Waals surface area contributed by atoms with Crippen molar-refractivity contribution >= 4 is 22.0 Å². The highest BCUT2D eigenvalue weighted by molar-refractivity contribution is 9.10. The molecule has 3 rings (SSSR count). The summed E-state index contributed by atoms with van der Waals surface area (Å²) in [4.78, 5) is 18.0. The number of carbonyl (C=O) groups is 1. The third kappa shape index (κ3) is 3.97. The van der Waals surface area contributed by atoms with Crippen LogP contribution >= 0.6 is 15.9 Å². The van der Waals surface area contributed by atoms with Crippen LogP contribution in [-0.4, -0.2) is 42.2 Å². The number of nitrogens with zero attached hydrogens (tertiary/aromatic N) is 2. The molecule has 1 aromatic heterocycles. The Morgan fingerprint density at radius 3 is 2.75 bits per heavy atom. The number of hydrogen-bond acceptors (Lipinski definition) is 4. The fourth-order valence-electron chi connectivity index (χ4n) is 2.33. The van der Waals surface area contributed by atoms with Crippen molar-refractivity contribution in [2.45, 2.75) is 12.6 Å². The number of carbonyl (C=O) groups excluding carboxylic acids is 1. The van der Waals surface area contributed by atoms with Gasteiger partial charge in [-0.3, -0.25) is 0 Å². The number of nitrogens with one attached hydrogen (secondary N) is 1. The number of urea groups is 1. The number of pyridine rings is 1. The Morgan fingerprint density at radius 2 is 2.08 bits per heavy atom. The van der Waals surface area contributed by atoms with E-state index in [1.165, 1.54) is 0 Å². The van der Waals surface area contributed by atoms with Crippen LogP contribution in [0.15, 0.2) is 47.1 Å². The van der Waals surface area contributed by atoms with Crippen molar-refractivity contribution in [3.8, 4) is 11.6 Å². The molecule has 0 unspecified atom stereocenters. The number of hydrogen-bond donors (Lipinski definition) is 1. The van der Waals surface area contributed by atoms with Crippen LogP contribution in [0.25, 0.3) is 0 Å². The van der Waals surface area contributed by atoms with E-state index in [0.29, 0.717) is 25.5 Å². The predicted octanol–water partition coefficient (Wildman–Crippen LogP) is 2.83. The molecule has 2 heterocycles. The maximum Gasteiger partial charge on any atom is 0.317 e. The molecule has 0 radical (unpaired) electrons. The average molecular weight is 392 g/mol. The predicted molar refractivity (Wildman–Crippen MR) is 93.2 cm³/mol. The lowest BCUT2D eigenvalue weighted by atomic mass is 10.2. The van der Waals surface area contributed by atoms with Crippen LogP contribution in [0.2, 0.25) is 0 Å². The third-order valence-corrected chi connectivity index (χ3v) is 4.34. The second-order valence-corrected chi connectivity index (χ2v) is 6.30. The zero-order chi connectivity index (χ0) is 16.9. The van der Waals surface area contributed by atoms with E-state index in [2.05, 4.69) is 26.2 Å². The fraction of sp³-hybridized carbons (Fsp3) is 0.294. The first-order chi connectivity index (χ1) is 11.7. The van der Waals surface area contributed by atoms with Gasteiger partial charge in [-0.2, -0.15) is 0 Å². The van der Waals surface area contributed by atoms with Gasteiger partial charge in [-0.1, -0.05) is 12.1 Å². The van der Waals surface area contributed by atoms with Crippen LogP contribution in [0.1, 0.15) is 5.56 Å². The Morgan fingerprint density at radius 1 is 1.33 bits per heavy atom. The fourth-order valence-corrected chi connectivity index (χ4v) is 2.68. The third-order valence-electron chi connectivity index (χ3n) is 3.74. The summed E-state index contributed by atoms with van der Waals surface area (Å²) in [7, 11) is 1.63. The van der Waals surface area contributed by atoms with Gasteiger partial charge in [0.05, 0.1) is 24.7 Å². The Balaban J connectivity index is 1.42. The van der Waals surface area contributed by atoms with E-state index in [1.807, 2.05) is 36.4 Å². The van der Waals surface area contributed by atoms with Crippen molar-refractivity contribution in [1.82, 2.24) is 15.2 Å². The van der Waals surface area contributed by atoms with Gasteiger partial charge < -0.3 is 19.7 Å². The summed E-state index contributed by atoms with van der Waals surface area (Å²) < 4.78 is 11.7. The number of aromatic nitrogens is 1. The van der Waals surface area contributed by atoms with E-state index in [9.17, 15) is 4.79 Å². The van der Waals surface area contributed by atoms with Crippen LogP contribution in [0.5, 0.6) is 11.6 Å². The second-order valence-electron chi connectivity index (χ2n) is 5.44. The summed E-state index contributed by atoms with van der Waals surface area (Å²) in [6.07, 6.45) is 1.65. The molecular weight excluding hydrogens is 374 g/mol. The van der Waals surface area contributed by atoms with Crippen LogP contribution < -0.4 is 14.8 Å². The molecule has 1 fully saturated rings. The molecule has 1 aliphatic heterocycles. The summed E-state index contributed by atoms with van der Waals surface area (Å²) in [5, 5.41) is 2.90. The molecule has 7 heteroatoms. The average Bonchev–Trinajstić information content (AvgIpc) is 2.57. The Kier molecular flexibility index (Phi) is 5.20. The molecule has 2 amide bonds. The van der Waals surface area contributed by atoms with Crippen molar-refractivity contribution in [3.63, 3.8) is 0 Å². The largest absolute Gasteiger partial charge is 0.497 e. The molecule has 0 atom stereocenters. The summed E-state index contributed by atoms with van der Waals surface area (Å²) in [6.45, 7) is 1.59. The van der Waals surface area contributed by atoms with E-state index < -0.39 is 0 Å². The molecule has 1 saturated heterocycles. The highest BCUT2D eigenvalue weighted by Crippen LogP contribution is 2.24. The molecule has 126 valence electrons. The lowest BCUT2D eigenvalue weighted by molar-refractivity contribution is 0.0407. The van der Waals surface area contributed by atoms with Gasteiger partial charge in [0.25, 0.3) is 0 Å². The number of benzene rings is 1. The minimum atomic E-state index is -0.0919. The van der Waals surface area contributed by atoms with Gasteiger partial charge >= 0.3 is 6.03 Å². The summed E-state index contributed by atoms with van der Waals surface area (Å²) in [6, 6.07) is 11.2. The van der Waals surface area contributed by atoms with Crippen molar-refractivity contribution in [2.24, 2.45) is 0 Å². The van der Waals surface area contributed by atoms with E-state index in [4.69, 9.17) is 9.47 Å². The maximum atomic E-state index is 12.1. The Hall–Kier alpha value is -2.28. The topological polar surface area (TPSA) is 63.7 Å². The standard InChI is InChI=1S/C17H18BrN3O3/c1-23-13-6-4-12(5-7-13)9-20-17(22)21-10-14(11-21)24-16-15(18)3-2-8-19-16/h2-8,14H,9-11H2,1H3,(H,20,22). The second kappa shape index (κ2) is 7.53. The molecular formula is C17H18BrN3O3. The minimum Gasteiger partial charge on any atom is -0.497 e. The molecule has 0 aliphatic carbocycles. The van der Waals surface area contributed by atoms with Crippen molar-refractivity contribution < 1.29 is 14.3 Å². The van der Waals surface area contributed by atoms with Crippen LogP contribution in [0.3, 0.4) is 0 Å². The van der Waals surface area contributed by atoms with Crippen molar-refractivity contribution in [2.75, 3.05) is 20.2 Å². The smallest absolute Gasteiger partial charge is 0.317 e. The lowest BCUT2D eigenvalue weighted by Crippen LogP contribution is -2.58. The van der Waals surface area contributed by atoms with Gasteiger partial charge in [0, 0.05) is 12.7 Å². The van der Waals surface area contributed by atoms with Crippen LogP contribution in [-0.2, 0) is 6.54 Å². The molecule has 6 nitrogen and oxygen atoms in total. The Labute approximate surface area is 148 Å². The number of methoxy groups -OCH3 is 1. The van der Waals surface area contributed by atoms with Gasteiger partial charge in [0.1, 0.15) is 11.9 Å². The van der Waals surface area contributed by atoms with Gasteiger partial charge in [-0.15, -0.1) is 0 Å². The summed E-state index contributed by atoms with van der Waals surface area (Å²) in [5.74, 6) is 1.36. The number of halogens is 1. The first-order valence-electron chi connectivity index (χ1n) is 7.58. The zero-order valence-electron chi connectivity index (χ0n) is 13.2. The van der Waals surface area contributed by atoms with Crippen LogP contribution in [0, 0.1) is 0 Å². The van der Waals surface area contributed by atoms with Crippen molar-refractivity contribution in [1.29, 1.82) is 0 Å². The van der Waals surface area contributed by atoms with E-state index in [1.54, 1.807) is 18.2 Å². The summed E-state index contributed by atoms with van der Waals surface area (Å²) >= 11 is 3.39. The van der Waals surface area contributed by atoms with Crippen molar-refractivity contribution in [3.05, 3.63) is 52.6 Å². The molecule has 2 aromatic rings. The van der Waals surface area contributed by atoms with E-state index in [-0.39, 0.29) is 12.1 Å². The number of amides is 2. The molecule has 0 saturated carbocycles. The normalized spacial score (nSPS) is 14.0. The van der Waals surface area contributed by atoms with Gasteiger partial charge in [0.15, 0.2) is 0 Å². The highest BCUT2D eigenvalue weighted by atomic mass is 79.9. The molecule has 1 aromatic carbocycles. The monoisotopic (exact) mass is 391 g/mol. The molecule has 0 spiro atoms. The van der Waals surface area contributed by atoms with Gasteiger partial charge in [-0.25, -0.2) is 9.78 Å². The number of ether oxygens (including phenoxy) is 2. The highest BCUT2D eigenvalue weighted by Gasteiger charge is 2.32. The first-order valence-corrected chi connectivity index (χ1v) is 8.38. The van der Waals surface area contributed by atoms with Gasteiger partial charge in [-0.05, 0) is 45.8 Å². The van der Waals surface area contributed by atoms with E-state index in [0.717, 1.165) is 15.8 Å². The Bertz CT molecular complexity index is 702. The molecule has 1 aliphatic rings. The lowest BCUT2D eigenvalue weighted by Gasteiger charge is -2.38. The minimum absolute atomic E-state index is 0.0251. The zero-order valence-corrected chi connectivity index (χ0v) is 14.8.